The van der Waals surface area contributed by atoms with Crippen molar-refractivity contribution in [3.8, 4) is 0 Å². The van der Waals surface area contributed by atoms with Gasteiger partial charge in [0.25, 0.3) is 5.91 Å². The van der Waals surface area contributed by atoms with Crippen molar-refractivity contribution in [2.75, 3.05) is 11.6 Å². The number of benzene rings is 2. The summed E-state index contributed by atoms with van der Waals surface area (Å²) in [4.78, 5) is 26.3. The van der Waals surface area contributed by atoms with Crippen molar-refractivity contribution in [2.24, 2.45) is 5.92 Å². The van der Waals surface area contributed by atoms with Crippen LogP contribution in [0.1, 0.15) is 29.8 Å². The van der Waals surface area contributed by atoms with Crippen LogP contribution in [0.2, 0.25) is 0 Å². The summed E-state index contributed by atoms with van der Waals surface area (Å²) in [6.45, 7) is 5.71. The molecule has 0 heterocycles. The van der Waals surface area contributed by atoms with Crippen molar-refractivity contribution in [1.82, 2.24) is 5.32 Å². The molecule has 0 aliphatic rings. The van der Waals surface area contributed by atoms with E-state index >= 15 is 0 Å². The van der Waals surface area contributed by atoms with E-state index in [0.29, 0.717) is 5.56 Å². The molecule has 2 aromatic rings. The minimum absolute atomic E-state index is 0.0292. The predicted molar refractivity (Wildman–Crippen MR) is 104 cm³/mol. The van der Waals surface area contributed by atoms with Crippen LogP contribution < -0.4 is 10.6 Å². The van der Waals surface area contributed by atoms with E-state index in [4.69, 9.17) is 0 Å². The van der Waals surface area contributed by atoms with E-state index in [0.717, 1.165) is 16.1 Å². The molecule has 2 aromatic carbocycles. The Morgan fingerprint density at radius 2 is 1.64 bits per heavy atom. The predicted octanol–water partition coefficient (Wildman–Crippen LogP) is 4.11. The van der Waals surface area contributed by atoms with Gasteiger partial charge in [-0.3, -0.25) is 9.59 Å². The monoisotopic (exact) mass is 356 g/mol. The van der Waals surface area contributed by atoms with Crippen LogP contribution in [0.25, 0.3) is 0 Å². The highest BCUT2D eigenvalue weighted by Gasteiger charge is 2.25. The summed E-state index contributed by atoms with van der Waals surface area (Å²) < 4.78 is 0. The molecule has 2 rings (SSSR count). The number of hydrogen-bond acceptors (Lipinski definition) is 3. The normalized spacial score (nSPS) is 11.9. The average molecular weight is 356 g/mol. The Labute approximate surface area is 153 Å². The molecule has 0 aliphatic carbocycles. The largest absolute Gasteiger partial charge is 0.340 e. The minimum Gasteiger partial charge on any atom is -0.340 e. The van der Waals surface area contributed by atoms with E-state index in [-0.39, 0.29) is 17.7 Å². The second-order valence-corrected chi connectivity index (χ2v) is 7.11. The molecule has 0 fully saturated rings. The summed E-state index contributed by atoms with van der Waals surface area (Å²) in [5.74, 6) is -0.475. The number of carbonyl (C=O) groups excluding carboxylic acids is 2. The Hall–Kier alpha value is -2.27. The summed E-state index contributed by atoms with van der Waals surface area (Å²) in [5.41, 5.74) is 2.19. The van der Waals surface area contributed by atoms with Crippen LogP contribution in [-0.4, -0.2) is 24.1 Å². The van der Waals surface area contributed by atoms with Crippen molar-refractivity contribution in [2.45, 2.75) is 31.7 Å². The van der Waals surface area contributed by atoms with Crippen LogP contribution in [0, 0.1) is 12.8 Å². The van der Waals surface area contributed by atoms with Crippen LogP contribution >= 0.6 is 11.8 Å². The van der Waals surface area contributed by atoms with E-state index < -0.39 is 6.04 Å². The summed E-state index contributed by atoms with van der Waals surface area (Å²) in [5, 5.41) is 5.74. The molecule has 0 aromatic heterocycles. The maximum absolute atomic E-state index is 12.6. The van der Waals surface area contributed by atoms with Gasteiger partial charge in [-0.15, -0.1) is 11.8 Å². The van der Waals surface area contributed by atoms with Gasteiger partial charge < -0.3 is 10.6 Å². The van der Waals surface area contributed by atoms with Gasteiger partial charge in [-0.1, -0.05) is 32.0 Å². The third-order valence-corrected chi connectivity index (χ3v) is 4.73. The first-order valence-corrected chi connectivity index (χ1v) is 9.46. The molecule has 0 saturated heterocycles. The molecule has 1 unspecified atom stereocenters. The Morgan fingerprint density at radius 1 is 1.00 bits per heavy atom. The zero-order valence-corrected chi connectivity index (χ0v) is 15.8. The summed E-state index contributed by atoms with van der Waals surface area (Å²) in [6.07, 6.45) is 2.00. The van der Waals surface area contributed by atoms with Crippen molar-refractivity contribution >= 4 is 29.3 Å². The van der Waals surface area contributed by atoms with Gasteiger partial charge in [0, 0.05) is 16.1 Å². The number of anilines is 1. The van der Waals surface area contributed by atoms with Crippen molar-refractivity contribution in [3.05, 3.63) is 59.7 Å². The van der Waals surface area contributed by atoms with Crippen molar-refractivity contribution in [3.63, 3.8) is 0 Å². The van der Waals surface area contributed by atoms with Gasteiger partial charge in [0.1, 0.15) is 6.04 Å². The molecule has 0 bridgehead atoms. The Morgan fingerprint density at radius 3 is 2.20 bits per heavy atom. The second kappa shape index (κ2) is 8.72. The lowest BCUT2D eigenvalue weighted by Gasteiger charge is -2.22. The molecule has 2 N–H and O–H groups in total. The van der Waals surface area contributed by atoms with Gasteiger partial charge in [-0.05, 0) is 55.0 Å². The molecule has 1 atom stereocenters. The maximum Gasteiger partial charge on any atom is 0.252 e. The molecule has 2 amide bonds. The molecule has 4 nitrogen and oxygen atoms in total. The van der Waals surface area contributed by atoms with Gasteiger partial charge in [0.2, 0.25) is 5.91 Å². The quantitative estimate of drug-likeness (QED) is 0.766. The standard InChI is InChI=1S/C20H24N2O2S/c1-13(2)18(22-19(23)17-8-6-5-7-14(17)3)20(24)21-15-9-11-16(25-4)12-10-15/h5-13,18H,1-4H3,(H,21,24)(H,22,23). The number of rotatable bonds is 6. The molecule has 0 aliphatic heterocycles. The third-order valence-electron chi connectivity index (χ3n) is 3.98. The number of aryl methyl sites for hydroxylation is 1. The average Bonchev–Trinajstić information content (AvgIpc) is 2.60. The fourth-order valence-electron chi connectivity index (χ4n) is 2.48. The smallest absolute Gasteiger partial charge is 0.252 e. The van der Waals surface area contributed by atoms with Gasteiger partial charge in [0.05, 0.1) is 0 Å². The molecule has 25 heavy (non-hydrogen) atoms. The molecule has 5 heteroatoms. The van der Waals surface area contributed by atoms with Gasteiger partial charge in [-0.2, -0.15) is 0 Å². The summed E-state index contributed by atoms with van der Waals surface area (Å²) in [7, 11) is 0. The summed E-state index contributed by atoms with van der Waals surface area (Å²) >= 11 is 1.65. The van der Waals surface area contributed by atoms with E-state index in [2.05, 4.69) is 10.6 Å². The first-order valence-electron chi connectivity index (χ1n) is 8.23. The fourth-order valence-corrected chi connectivity index (χ4v) is 2.88. The summed E-state index contributed by atoms with van der Waals surface area (Å²) in [6, 6.07) is 14.4. The first kappa shape index (κ1) is 19.1. The van der Waals surface area contributed by atoms with Crippen molar-refractivity contribution in [1.29, 1.82) is 0 Å². The number of amides is 2. The Balaban J connectivity index is 2.10. The molecular weight excluding hydrogens is 332 g/mol. The molecule has 0 saturated carbocycles. The van der Waals surface area contributed by atoms with Gasteiger partial charge in [-0.25, -0.2) is 0 Å². The maximum atomic E-state index is 12.6. The SMILES string of the molecule is CSc1ccc(NC(=O)C(NC(=O)c2ccccc2C)C(C)C)cc1. The third kappa shape index (κ3) is 5.10. The highest BCUT2D eigenvalue weighted by Crippen LogP contribution is 2.18. The number of thioether (sulfide) groups is 1. The Kier molecular flexibility index (Phi) is 6.65. The number of nitrogens with one attached hydrogen (secondary N) is 2. The van der Waals surface area contributed by atoms with Crippen LogP contribution in [-0.2, 0) is 4.79 Å². The van der Waals surface area contributed by atoms with Crippen LogP contribution in [0.5, 0.6) is 0 Å². The number of hydrogen-bond donors (Lipinski definition) is 2. The lowest BCUT2D eigenvalue weighted by molar-refractivity contribution is -0.118. The highest BCUT2D eigenvalue weighted by atomic mass is 32.2. The van der Waals surface area contributed by atoms with Crippen LogP contribution in [0.3, 0.4) is 0 Å². The topological polar surface area (TPSA) is 58.2 Å². The fraction of sp³-hybridized carbons (Fsp3) is 0.300. The van der Waals surface area contributed by atoms with Gasteiger partial charge >= 0.3 is 0 Å². The zero-order chi connectivity index (χ0) is 18.4. The van der Waals surface area contributed by atoms with Gasteiger partial charge in [0.15, 0.2) is 0 Å². The first-order chi connectivity index (χ1) is 11.9. The van der Waals surface area contributed by atoms with Crippen LogP contribution in [0.15, 0.2) is 53.4 Å². The van der Waals surface area contributed by atoms with E-state index in [1.807, 2.05) is 69.5 Å². The molecular formula is C20H24N2O2S. The van der Waals surface area contributed by atoms with E-state index in [1.54, 1.807) is 17.8 Å². The second-order valence-electron chi connectivity index (χ2n) is 6.23. The number of carbonyl (C=O) groups is 2. The zero-order valence-electron chi connectivity index (χ0n) is 15.0. The highest BCUT2D eigenvalue weighted by molar-refractivity contribution is 7.98. The molecule has 0 spiro atoms. The van der Waals surface area contributed by atoms with Crippen LogP contribution in [0.4, 0.5) is 5.69 Å². The van der Waals surface area contributed by atoms with Crippen molar-refractivity contribution < 1.29 is 9.59 Å². The lowest BCUT2D eigenvalue weighted by atomic mass is 10.0. The molecule has 132 valence electrons. The Bertz CT molecular complexity index is 742. The lowest BCUT2D eigenvalue weighted by Crippen LogP contribution is -2.47. The minimum atomic E-state index is -0.604. The van der Waals surface area contributed by atoms with E-state index in [9.17, 15) is 9.59 Å². The molecule has 0 radical (unpaired) electrons. The van der Waals surface area contributed by atoms with E-state index in [1.165, 1.54) is 0 Å².